The molecule has 0 unspecified atom stereocenters. The monoisotopic (exact) mass is 314 g/mol. The van der Waals surface area contributed by atoms with Crippen molar-refractivity contribution in [2.45, 2.75) is 58.1 Å². The number of hydrogen-bond donors (Lipinski definition) is 1. The van der Waals surface area contributed by atoms with E-state index in [0.717, 1.165) is 18.7 Å². The molecule has 1 N–H and O–H groups in total. The van der Waals surface area contributed by atoms with Crippen molar-refractivity contribution in [3.05, 3.63) is 29.3 Å². The van der Waals surface area contributed by atoms with Crippen molar-refractivity contribution in [2.24, 2.45) is 5.41 Å². The van der Waals surface area contributed by atoms with Crippen molar-refractivity contribution in [3.8, 4) is 5.75 Å². The third-order valence-electron chi connectivity index (χ3n) is 6.19. The lowest BCUT2D eigenvalue weighted by atomic mass is 9.71. The van der Waals surface area contributed by atoms with Crippen LogP contribution in [0.25, 0.3) is 0 Å². The first kappa shape index (κ1) is 15.5. The maximum atomic E-state index is 6.09. The minimum absolute atomic E-state index is 0.0422. The number of benzene rings is 1. The molecular weight excluding hydrogens is 284 g/mol. The Bertz CT molecular complexity index is 565. The smallest absolute Gasteiger partial charge is 0.123 e. The standard InChI is InChI=1S/C20H30N2O/c1-19(2)14-17-16(4-3-5-18(17)23-19)15-22-12-8-20(9-13-22)6-10-21-11-7-20/h3-5,21H,6-15H2,1-2H3. The number of likely N-dealkylation sites (tertiary alicyclic amines) is 1. The highest BCUT2D eigenvalue weighted by Crippen LogP contribution is 2.41. The fraction of sp³-hybridized carbons (Fsp3) is 0.700. The predicted molar refractivity (Wildman–Crippen MR) is 93.9 cm³/mol. The van der Waals surface area contributed by atoms with Gasteiger partial charge in [-0.2, -0.15) is 0 Å². The lowest BCUT2D eigenvalue weighted by molar-refractivity contribution is 0.0700. The molecule has 126 valence electrons. The summed E-state index contributed by atoms with van der Waals surface area (Å²) in [4.78, 5) is 2.66. The third-order valence-corrected chi connectivity index (χ3v) is 6.19. The largest absolute Gasteiger partial charge is 0.487 e. The van der Waals surface area contributed by atoms with Crippen LogP contribution in [0.5, 0.6) is 5.75 Å². The summed E-state index contributed by atoms with van der Waals surface area (Å²) in [6.45, 7) is 10.4. The fourth-order valence-electron chi connectivity index (χ4n) is 4.70. The van der Waals surface area contributed by atoms with Gasteiger partial charge in [0.1, 0.15) is 11.4 Å². The van der Waals surface area contributed by atoms with Gasteiger partial charge < -0.3 is 10.1 Å². The van der Waals surface area contributed by atoms with Crippen molar-refractivity contribution in [2.75, 3.05) is 26.2 Å². The Morgan fingerprint density at radius 2 is 1.83 bits per heavy atom. The molecule has 23 heavy (non-hydrogen) atoms. The van der Waals surface area contributed by atoms with Crippen LogP contribution in [0.15, 0.2) is 18.2 Å². The van der Waals surface area contributed by atoms with Gasteiger partial charge in [-0.3, -0.25) is 4.90 Å². The lowest BCUT2D eigenvalue weighted by Gasteiger charge is -2.44. The molecule has 0 radical (unpaired) electrons. The van der Waals surface area contributed by atoms with E-state index in [-0.39, 0.29) is 5.60 Å². The average molecular weight is 314 g/mol. The van der Waals surface area contributed by atoms with E-state index in [0.29, 0.717) is 5.41 Å². The van der Waals surface area contributed by atoms with Gasteiger partial charge in [0.2, 0.25) is 0 Å². The Labute approximate surface area is 140 Å². The molecule has 1 aromatic carbocycles. The molecule has 0 saturated carbocycles. The third kappa shape index (κ3) is 3.14. The number of fused-ring (bicyclic) bond motifs is 1. The summed E-state index contributed by atoms with van der Waals surface area (Å²) in [7, 11) is 0. The first-order valence-electron chi connectivity index (χ1n) is 9.28. The molecule has 0 bridgehead atoms. The molecule has 0 amide bonds. The Morgan fingerprint density at radius 1 is 1.09 bits per heavy atom. The van der Waals surface area contributed by atoms with E-state index >= 15 is 0 Å². The first-order valence-corrected chi connectivity index (χ1v) is 9.28. The minimum Gasteiger partial charge on any atom is -0.487 e. The predicted octanol–water partition coefficient (Wildman–Crippen LogP) is 3.37. The average Bonchev–Trinajstić information content (AvgIpc) is 2.86. The lowest BCUT2D eigenvalue weighted by Crippen LogP contribution is -2.45. The molecule has 3 heterocycles. The summed E-state index contributed by atoms with van der Waals surface area (Å²) < 4.78 is 6.09. The van der Waals surface area contributed by atoms with E-state index in [9.17, 15) is 0 Å². The quantitative estimate of drug-likeness (QED) is 0.906. The molecule has 2 saturated heterocycles. The van der Waals surface area contributed by atoms with Gasteiger partial charge in [-0.05, 0) is 82.8 Å². The molecule has 3 aliphatic rings. The first-order chi connectivity index (χ1) is 11.1. The number of ether oxygens (including phenoxy) is 1. The Balaban J connectivity index is 1.42. The van der Waals surface area contributed by atoms with Crippen LogP contribution in [0, 0.1) is 5.41 Å². The maximum absolute atomic E-state index is 6.09. The highest BCUT2D eigenvalue weighted by molar-refractivity contribution is 5.44. The van der Waals surface area contributed by atoms with Crippen molar-refractivity contribution < 1.29 is 4.74 Å². The molecule has 1 spiro atoms. The van der Waals surface area contributed by atoms with Gasteiger partial charge in [0, 0.05) is 18.5 Å². The zero-order valence-electron chi connectivity index (χ0n) is 14.7. The molecule has 3 heteroatoms. The summed E-state index contributed by atoms with van der Waals surface area (Å²) in [5, 5.41) is 3.52. The SMILES string of the molecule is CC1(C)Cc2c(CN3CCC4(CCNCC4)CC3)cccc2O1. The highest BCUT2D eigenvalue weighted by Gasteiger charge is 2.36. The van der Waals surface area contributed by atoms with Crippen LogP contribution >= 0.6 is 0 Å². The number of nitrogens with one attached hydrogen (secondary N) is 1. The fourth-order valence-corrected chi connectivity index (χ4v) is 4.70. The Hall–Kier alpha value is -1.06. The zero-order valence-corrected chi connectivity index (χ0v) is 14.7. The molecule has 0 aliphatic carbocycles. The van der Waals surface area contributed by atoms with Crippen molar-refractivity contribution >= 4 is 0 Å². The minimum atomic E-state index is -0.0422. The topological polar surface area (TPSA) is 24.5 Å². The molecule has 3 nitrogen and oxygen atoms in total. The molecule has 1 aromatic rings. The Morgan fingerprint density at radius 3 is 2.57 bits per heavy atom. The van der Waals surface area contributed by atoms with E-state index in [2.05, 4.69) is 42.3 Å². The summed E-state index contributed by atoms with van der Waals surface area (Å²) in [6, 6.07) is 6.60. The summed E-state index contributed by atoms with van der Waals surface area (Å²) in [6.07, 6.45) is 6.56. The summed E-state index contributed by atoms with van der Waals surface area (Å²) >= 11 is 0. The van der Waals surface area contributed by atoms with Gasteiger partial charge in [-0.1, -0.05) is 12.1 Å². The van der Waals surface area contributed by atoms with E-state index in [1.807, 2.05) is 0 Å². The number of nitrogens with zero attached hydrogens (tertiary/aromatic N) is 1. The van der Waals surface area contributed by atoms with Gasteiger partial charge in [-0.25, -0.2) is 0 Å². The van der Waals surface area contributed by atoms with Crippen LogP contribution in [-0.4, -0.2) is 36.7 Å². The molecule has 2 fully saturated rings. The van der Waals surface area contributed by atoms with Crippen LogP contribution in [-0.2, 0) is 13.0 Å². The summed E-state index contributed by atoms with van der Waals surface area (Å²) in [5.41, 5.74) is 3.53. The zero-order chi connectivity index (χ0) is 15.9. The molecular formula is C20H30N2O. The van der Waals surface area contributed by atoms with Crippen LogP contribution in [0.2, 0.25) is 0 Å². The van der Waals surface area contributed by atoms with Crippen LogP contribution in [0.1, 0.15) is 50.7 Å². The van der Waals surface area contributed by atoms with E-state index in [1.165, 1.54) is 63.0 Å². The van der Waals surface area contributed by atoms with Gasteiger partial charge in [0.05, 0.1) is 0 Å². The summed E-state index contributed by atoms with van der Waals surface area (Å²) in [5.74, 6) is 1.11. The van der Waals surface area contributed by atoms with Gasteiger partial charge in [-0.15, -0.1) is 0 Å². The number of piperidine rings is 2. The van der Waals surface area contributed by atoms with Crippen LogP contribution in [0.4, 0.5) is 0 Å². The maximum Gasteiger partial charge on any atom is 0.123 e. The van der Waals surface area contributed by atoms with Gasteiger partial charge in [0.25, 0.3) is 0 Å². The van der Waals surface area contributed by atoms with E-state index < -0.39 is 0 Å². The van der Waals surface area contributed by atoms with Crippen molar-refractivity contribution in [3.63, 3.8) is 0 Å². The highest BCUT2D eigenvalue weighted by atomic mass is 16.5. The van der Waals surface area contributed by atoms with Crippen molar-refractivity contribution in [1.82, 2.24) is 10.2 Å². The van der Waals surface area contributed by atoms with Gasteiger partial charge in [0.15, 0.2) is 0 Å². The second kappa shape index (κ2) is 5.78. The van der Waals surface area contributed by atoms with Crippen LogP contribution in [0.3, 0.4) is 0 Å². The second-order valence-electron chi connectivity index (χ2n) is 8.46. The van der Waals surface area contributed by atoms with E-state index in [4.69, 9.17) is 4.74 Å². The number of hydrogen-bond acceptors (Lipinski definition) is 3. The van der Waals surface area contributed by atoms with E-state index in [1.54, 1.807) is 0 Å². The van der Waals surface area contributed by atoms with Crippen molar-refractivity contribution in [1.29, 1.82) is 0 Å². The molecule has 0 aromatic heterocycles. The molecule has 0 atom stereocenters. The molecule has 4 rings (SSSR count). The normalized spacial score (nSPS) is 26.0. The van der Waals surface area contributed by atoms with Gasteiger partial charge >= 0.3 is 0 Å². The number of rotatable bonds is 2. The van der Waals surface area contributed by atoms with Crippen LogP contribution < -0.4 is 10.1 Å². The second-order valence-corrected chi connectivity index (χ2v) is 8.46. The molecule has 3 aliphatic heterocycles. The Kier molecular flexibility index (Phi) is 3.89.